The second-order valence-electron chi connectivity index (χ2n) is 11.6. The Hall–Kier alpha value is -5.42. The molecule has 0 aliphatic rings. The molecule has 0 fully saturated rings. The maximum atomic E-state index is 13.9. The average Bonchev–Trinajstić information content (AvgIpc) is 3.10. The van der Waals surface area contributed by atoms with E-state index in [1.807, 2.05) is 30.3 Å². The standard InChI is InChI=1S/C35H40F3N7O6S/c1-45(52(3,48)49)29-16-11-10-15-28(29)42-32-27(35(36,37)38)22-40-34(43-32)41-25-18-19-26(30(21-25)50-2)33(47)39-20-12-5-4-9-17-31(46)44-51-23-24-13-7-6-8-14-24/h6-8,10-11,13-16,18-19,21-22H,4-5,9,12,17,20,23H2,1-3H3,(H,39,47)(H,44,46)(H2,40,41,42,43). The molecule has 0 bridgehead atoms. The molecule has 0 spiro atoms. The van der Waals surface area contributed by atoms with Crippen molar-refractivity contribution in [3.63, 3.8) is 0 Å². The first-order valence-corrected chi connectivity index (χ1v) is 18.0. The van der Waals surface area contributed by atoms with Crippen LogP contribution in [-0.4, -0.2) is 57.2 Å². The number of sulfonamides is 1. The monoisotopic (exact) mass is 743 g/mol. The number of carbonyl (C=O) groups excluding carboxylic acids is 2. The zero-order chi connectivity index (χ0) is 37.7. The molecule has 0 unspecified atom stereocenters. The second kappa shape index (κ2) is 18.2. The zero-order valence-corrected chi connectivity index (χ0v) is 29.6. The van der Waals surface area contributed by atoms with Gasteiger partial charge in [-0.2, -0.15) is 18.2 Å². The molecule has 0 atom stereocenters. The van der Waals surface area contributed by atoms with Crippen LogP contribution in [0.2, 0.25) is 0 Å². The van der Waals surface area contributed by atoms with Crippen molar-refractivity contribution in [2.24, 2.45) is 0 Å². The quantitative estimate of drug-likeness (QED) is 0.0671. The molecule has 0 saturated heterocycles. The molecular formula is C35H40F3N7O6S. The van der Waals surface area contributed by atoms with Gasteiger partial charge in [0.1, 0.15) is 17.1 Å². The third-order valence-electron chi connectivity index (χ3n) is 7.67. The number of hydrogen-bond donors (Lipinski definition) is 4. The van der Waals surface area contributed by atoms with Crippen molar-refractivity contribution >= 4 is 50.7 Å². The zero-order valence-electron chi connectivity index (χ0n) is 28.8. The maximum Gasteiger partial charge on any atom is 0.421 e. The van der Waals surface area contributed by atoms with Crippen LogP contribution in [-0.2, 0) is 32.4 Å². The van der Waals surface area contributed by atoms with E-state index in [0.717, 1.165) is 29.0 Å². The van der Waals surface area contributed by atoms with Crippen molar-refractivity contribution in [2.75, 3.05) is 41.9 Å². The van der Waals surface area contributed by atoms with Gasteiger partial charge in [-0.25, -0.2) is 18.9 Å². The number of rotatable bonds is 18. The lowest BCUT2D eigenvalue weighted by Gasteiger charge is -2.22. The fraction of sp³-hybridized carbons (Fsp3) is 0.314. The van der Waals surface area contributed by atoms with Crippen LogP contribution in [0.3, 0.4) is 0 Å². The number of aromatic nitrogens is 2. The predicted molar refractivity (Wildman–Crippen MR) is 191 cm³/mol. The first-order chi connectivity index (χ1) is 24.8. The van der Waals surface area contributed by atoms with E-state index in [-0.39, 0.29) is 47.1 Å². The van der Waals surface area contributed by atoms with E-state index < -0.39 is 27.6 Å². The van der Waals surface area contributed by atoms with Crippen LogP contribution in [0.1, 0.15) is 53.6 Å². The van der Waals surface area contributed by atoms with Crippen LogP contribution in [0.4, 0.5) is 42.0 Å². The molecule has 2 amide bonds. The minimum Gasteiger partial charge on any atom is -0.496 e. The van der Waals surface area contributed by atoms with Gasteiger partial charge in [0.15, 0.2) is 0 Å². The molecule has 13 nitrogen and oxygen atoms in total. The molecule has 1 heterocycles. The summed E-state index contributed by atoms with van der Waals surface area (Å²) in [5.74, 6) is -1.20. The predicted octanol–water partition coefficient (Wildman–Crippen LogP) is 6.32. The van der Waals surface area contributed by atoms with Gasteiger partial charge in [0.25, 0.3) is 5.91 Å². The molecular weight excluding hydrogens is 703 g/mol. The van der Waals surface area contributed by atoms with Gasteiger partial charge < -0.3 is 20.7 Å². The Morgan fingerprint density at radius 2 is 1.63 bits per heavy atom. The van der Waals surface area contributed by atoms with Crippen molar-refractivity contribution in [2.45, 2.75) is 44.9 Å². The summed E-state index contributed by atoms with van der Waals surface area (Å²) in [7, 11) is -1.07. The van der Waals surface area contributed by atoms with Crippen LogP contribution < -0.4 is 30.5 Å². The van der Waals surface area contributed by atoms with Crippen LogP contribution in [0.15, 0.2) is 79.0 Å². The Labute approximate surface area is 300 Å². The average molecular weight is 744 g/mol. The Morgan fingerprint density at radius 1 is 0.923 bits per heavy atom. The molecule has 52 heavy (non-hydrogen) atoms. The molecule has 1 aromatic heterocycles. The molecule has 0 saturated carbocycles. The van der Waals surface area contributed by atoms with Gasteiger partial charge in [0.05, 0.1) is 36.9 Å². The number of halogens is 3. The smallest absolute Gasteiger partial charge is 0.421 e. The number of nitrogens with one attached hydrogen (secondary N) is 4. The maximum absolute atomic E-state index is 13.9. The highest BCUT2D eigenvalue weighted by atomic mass is 32.2. The third kappa shape index (κ3) is 11.6. The van der Waals surface area contributed by atoms with Crippen LogP contribution in [0.5, 0.6) is 5.75 Å². The van der Waals surface area contributed by atoms with Crippen molar-refractivity contribution in [3.8, 4) is 5.75 Å². The summed E-state index contributed by atoms with van der Waals surface area (Å²) in [4.78, 5) is 38.0. The lowest BCUT2D eigenvalue weighted by molar-refractivity contribution is -0.137. The molecule has 4 N–H and O–H groups in total. The van der Waals surface area contributed by atoms with Gasteiger partial charge >= 0.3 is 6.18 Å². The van der Waals surface area contributed by atoms with Crippen molar-refractivity contribution in [3.05, 3.63) is 95.7 Å². The second-order valence-corrected chi connectivity index (χ2v) is 13.6. The number of benzene rings is 3. The topological polar surface area (TPSA) is 164 Å². The summed E-state index contributed by atoms with van der Waals surface area (Å²) in [5, 5.41) is 8.27. The van der Waals surface area contributed by atoms with E-state index in [1.54, 1.807) is 6.07 Å². The minimum absolute atomic E-state index is 0.0651. The lowest BCUT2D eigenvalue weighted by Crippen LogP contribution is -2.25. The minimum atomic E-state index is -4.83. The normalized spacial score (nSPS) is 11.4. The van der Waals surface area contributed by atoms with E-state index in [4.69, 9.17) is 9.57 Å². The van der Waals surface area contributed by atoms with Gasteiger partial charge in [0, 0.05) is 38.0 Å². The molecule has 0 radical (unpaired) electrons. The first-order valence-electron chi connectivity index (χ1n) is 16.2. The molecule has 4 aromatic rings. The molecule has 4 rings (SSSR count). The number of para-hydroxylation sites is 2. The number of alkyl halides is 3. The first kappa shape index (κ1) is 39.4. The Morgan fingerprint density at radius 3 is 2.35 bits per heavy atom. The summed E-state index contributed by atoms with van der Waals surface area (Å²) in [5.41, 5.74) is 2.96. The molecule has 3 aromatic carbocycles. The Bertz CT molecular complexity index is 1930. The summed E-state index contributed by atoms with van der Waals surface area (Å²) in [6.45, 7) is 0.682. The number of hydroxylamine groups is 1. The number of hydrogen-bond acceptors (Lipinski definition) is 10. The lowest BCUT2D eigenvalue weighted by atomic mass is 10.1. The number of anilines is 5. The third-order valence-corrected chi connectivity index (χ3v) is 8.87. The number of methoxy groups -OCH3 is 1. The largest absolute Gasteiger partial charge is 0.496 e. The Kier molecular flexibility index (Phi) is 13.8. The van der Waals surface area contributed by atoms with Gasteiger partial charge in [-0.1, -0.05) is 55.3 Å². The van der Waals surface area contributed by atoms with E-state index in [2.05, 4.69) is 31.4 Å². The summed E-state index contributed by atoms with van der Waals surface area (Å²) in [6, 6.07) is 19.9. The molecule has 17 heteroatoms. The highest BCUT2D eigenvalue weighted by molar-refractivity contribution is 7.92. The number of carbonyl (C=O) groups is 2. The van der Waals surface area contributed by atoms with Gasteiger partial charge in [0.2, 0.25) is 21.9 Å². The number of nitrogens with zero attached hydrogens (tertiary/aromatic N) is 3. The molecule has 0 aliphatic heterocycles. The number of unbranched alkanes of at least 4 members (excludes halogenated alkanes) is 3. The van der Waals surface area contributed by atoms with Crippen molar-refractivity contribution in [1.29, 1.82) is 0 Å². The van der Waals surface area contributed by atoms with Crippen LogP contribution in [0, 0.1) is 0 Å². The van der Waals surface area contributed by atoms with E-state index >= 15 is 0 Å². The summed E-state index contributed by atoms with van der Waals surface area (Å²) < 4.78 is 72.4. The SMILES string of the molecule is COc1cc(Nc2ncc(C(F)(F)F)c(Nc3ccccc3N(C)S(C)(=O)=O)n2)ccc1C(=O)NCCCCCCC(=O)NOCc1ccccc1. The molecule has 278 valence electrons. The highest BCUT2D eigenvalue weighted by Gasteiger charge is 2.36. The van der Waals surface area contributed by atoms with Crippen LogP contribution >= 0.6 is 0 Å². The van der Waals surface area contributed by atoms with Crippen molar-refractivity contribution < 1.29 is 40.8 Å². The van der Waals surface area contributed by atoms with E-state index in [0.29, 0.717) is 37.7 Å². The van der Waals surface area contributed by atoms with Gasteiger partial charge in [-0.05, 0) is 42.7 Å². The van der Waals surface area contributed by atoms with E-state index in [9.17, 15) is 31.2 Å². The highest BCUT2D eigenvalue weighted by Crippen LogP contribution is 2.37. The molecule has 0 aliphatic carbocycles. The van der Waals surface area contributed by atoms with Crippen molar-refractivity contribution in [1.82, 2.24) is 20.8 Å². The van der Waals surface area contributed by atoms with E-state index in [1.165, 1.54) is 50.6 Å². The fourth-order valence-corrected chi connectivity index (χ4v) is 5.39. The number of ether oxygens (including phenoxy) is 1. The van der Waals surface area contributed by atoms with Gasteiger partial charge in [-0.15, -0.1) is 0 Å². The number of amides is 2. The summed E-state index contributed by atoms with van der Waals surface area (Å²) >= 11 is 0. The Balaban J connectivity index is 1.31. The van der Waals surface area contributed by atoms with Crippen LogP contribution in [0.25, 0.3) is 0 Å². The summed E-state index contributed by atoms with van der Waals surface area (Å²) in [6.07, 6.45) is 0.0223. The van der Waals surface area contributed by atoms with Gasteiger partial charge in [-0.3, -0.25) is 18.7 Å². The fourth-order valence-electron chi connectivity index (χ4n) is 4.88.